The molecule has 1 N–H and O–H groups in total. The highest BCUT2D eigenvalue weighted by Gasteiger charge is 2.22. The average Bonchev–Trinajstić information content (AvgIpc) is 2.46. The van der Waals surface area contributed by atoms with Crippen molar-refractivity contribution in [1.29, 1.82) is 0 Å². The molecular formula is C16H23NO3S. The van der Waals surface area contributed by atoms with E-state index in [9.17, 15) is 4.79 Å². The van der Waals surface area contributed by atoms with Gasteiger partial charge >= 0.3 is 5.97 Å². The zero-order valence-corrected chi connectivity index (χ0v) is 13.7. The summed E-state index contributed by atoms with van der Waals surface area (Å²) in [5, 5.41) is 9.16. The van der Waals surface area contributed by atoms with E-state index in [0.29, 0.717) is 11.6 Å². The molecule has 1 unspecified atom stereocenters. The van der Waals surface area contributed by atoms with Crippen LogP contribution in [0.4, 0.5) is 0 Å². The Labute approximate surface area is 130 Å². The summed E-state index contributed by atoms with van der Waals surface area (Å²) in [5.74, 6) is -0.0134. The quantitative estimate of drug-likeness (QED) is 0.848. The number of carboxylic acids is 1. The molecule has 1 fully saturated rings. The molecule has 5 heteroatoms. The van der Waals surface area contributed by atoms with Crippen molar-refractivity contribution in [3.63, 3.8) is 0 Å². The Morgan fingerprint density at radius 3 is 2.95 bits per heavy atom. The molecule has 0 amide bonds. The average molecular weight is 309 g/mol. The molecule has 1 aliphatic rings. The Morgan fingerprint density at radius 1 is 1.52 bits per heavy atom. The number of ether oxygens (including phenoxy) is 1. The van der Waals surface area contributed by atoms with Crippen molar-refractivity contribution < 1.29 is 14.6 Å². The lowest BCUT2D eigenvalue weighted by atomic mass is 10.1. The molecular weight excluding hydrogens is 286 g/mol. The van der Waals surface area contributed by atoms with Gasteiger partial charge in [0.1, 0.15) is 0 Å². The van der Waals surface area contributed by atoms with Crippen molar-refractivity contribution >= 4 is 17.7 Å². The van der Waals surface area contributed by atoms with E-state index < -0.39 is 5.97 Å². The summed E-state index contributed by atoms with van der Waals surface area (Å²) in [6.45, 7) is 8.94. The van der Waals surface area contributed by atoms with Gasteiger partial charge in [-0.1, -0.05) is 6.07 Å². The maximum absolute atomic E-state index is 11.2. The van der Waals surface area contributed by atoms with Gasteiger partial charge in [0.25, 0.3) is 0 Å². The summed E-state index contributed by atoms with van der Waals surface area (Å²) >= 11 is 1.67. The van der Waals surface area contributed by atoms with Gasteiger partial charge in [0, 0.05) is 29.8 Å². The molecule has 1 heterocycles. The number of hydrogen-bond acceptors (Lipinski definition) is 4. The number of thioether (sulfide) groups is 1. The van der Waals surface area contributed by atoms with E-state index in [1.54, 1.807) is 17.8 Å². The fourth-order valence-corrected chi connectivity index (χ4v) is 3.37. The normalized spacial score (nSPS) is 19.9. The summed E-state index contributed by atoms with van der Waals surface area (Å²) in [7, 11) is 0. The van der Waals surface area contributed by atoms with Gasteiger partial charge in [0.05, 0.1) is 18.3 Å². The molecule has 1 aromatic rings. The SMILES string of the molecule is Cc1ccc(SCC2CN(C(C)C)CCO2)cc1C(=O)O. The van der Waals surface area contributed by atoms with E-state index in [2.05, 4.69) is 18.7 Å². The lowest BCUT2D eigenvalue weighted by molar-refractivity contribution is -0.0265. The van der Waals surface area contributed by atoms with E-state index >= 15 is 0 Å². The van der Waals surface area contributed by atoms with Crippen LogP contribution in [0.2, 0.25) is 0 Å². The number of morpholine rings is 1. The van der Waals surface area contributed by atoms with Gasteiger partial charge in [-0.3, -0.25) is 4.90 Å². The van der Waals surface area contributed by atoms with Gasteiger partial charge in [-0.05, 0) is 38.5 Å². The molecule has 2 rings (SSSR count). The minimum absolute atomic E-state index is 0.209. The Bertz CT molecular complexity index is 504. The first-order valence-corrected chi connectivity index (χ1v) is 8.28. The van der Waals surface area contributed by atoms with Crippen LogP contribution in [0.15, 0.2) is 23.1 Å². The smallest absolute Gasteiger partial charge is 0.335 e. The summed E-state index contributed by atoms with van der Waals surface area (Å²) in [6.07, 6.45) is 0.209. The van der Waals surface area contributed by atoms with Crippen LogP contribution in [-0.2, 0) is 4.74 Å². The zero-order valence-electron chi connectivity index (χ0n) is 12.8. The number of aromatic carboxylic acids is 1. The molecule has 0 saturated carbocycles. The van der Waals surface area contributed by atoms with Crippen LogP contribution < -0.4 is 0 Å². The number of nitrogens with zero attached hydrogens (tertiary/aromatic N) is 1. The molecule has 0 radical (unpaired) electrons. The topological polar surface area (TPSA) is 49.8 Å². The second-order valence-electron chi connectivity index (χ2n) is 5.67. The van der Waals surface area contributed by atoms with Crippen molar-refractivity contribution in [2.75, 3.05) is 25.4 Å². The molecule has 116 valence electrons. The van der Waals surface area contributed by atoms with Gasteiger partial charge in [0.15, 0.2) is 0 Å². The van der Waals surface area contributed by atoms with Gasteiger partial charge in [-0.25, -0.2) is 4.79 Å². The predicted octanol–water partition coefficient (Wildman–Crippen LogP) is 2.89. The molecule has 1 aliphatic heterocycles. The Hall–Kier alpha value is -1.04. The number of benzene rings is 1. The van der Waals surface area contributed by atoms with Gasteiger partial charge in [-0.2, -0.15) is 0 Å². The van der Waals surface area contributed by atoms with Crippen molar-refractivity contribution in [3.05, 3.63) is 29.3 Å². The number of rotatable bonds is 5. The van der Waals surface area contributed by atoms with Crippen LogP contribution in [0.3, 0.4) is 0 Å². The van der Waals surface area contributed by atoms with E-state index in [0.717, 1.165) is 35.9 Å². The van der Waals surface area contributed by atoms with E-state index in [-0.39, 0.29) is 6.10 Å². The number of aryl methyl sites for hydroxylation is 1. The van der Waals surface area contributed by atoms with Crippen molar-refractivity contribution in [2.24, 2.45) is 0 Å². The molecule has 0 aliphatic carbocycles. The lowest BCUT2D eigenvalue weighted by Crippen LogP contribution is -2.46. The van der Waals surface area contributed by atoms with Crippen molar-refractivity contribution in [2.45, 2.75) is 37.8 Å². The zero-order chi connectivity index (χ0) is 15.4. The third kappa shape index (κ3) is 4.46. The third-order valence-electron chi connectivity index (χ3n) is 3.78. The van der Waals surface area contributed by atoms with Crippen LogP contribution in [0.1, 0.15) is 29.8 Å². The third-order valence-corrected chi connectivity index (χ3v) is 4.90. The highest BCUT2D eigenvalue weighted by molar-refractivity contribution is 7.99. The monoisotopic (exact) mass is 309 g/mol. The molecule has 1 aromatic carbocycles. The maximum atomic E-state index is 11.2. The van der Waals surface area contributed by atoms with Crippen LogP contribution in [0.5, 0.6) is 0 Å². The lowest BCUT2D eigenvalue weighted by Gasteiger charge is -2.35. The van der Waals surface area contributed by atoms with E-state index in [4.69, 9.17) is 9.84 Å². The first-order valence-electron chi connectivity index (χ1n) is 7.29. The molecule has 1 saturated heterocycles. The predicted molar refractivity (Wildman–Crippen MR) is 85.3 cm³/mol. The van der Waals surface area contributed by atoms with Crippen LogP contribution in [-0.4, -0.2) is 53.6 Å². The minimum atomic E-state index is -0.866. The summed E-state index contributed by atoms with van der Waals surface area (Å²) in [6, 6.07) is 6.15. The second kappa shape index (κ2) is 7.29. The maximum Gasteiger partial charge on any atom is 0.335 e. The largest absolute Gasteiger partial charge is 0.478 e. The summed E-state index contributed by atoms with van der Waals surface area (Å²) < 4.78 is 5.80. The van der Waals surface area contributed by atoms with Crippen LogP contribution in [0, 0.1) is 6.92 Å². The summed E-state index contributed by atoms with van der Waals surface area (Å²) in [5.41, 5.74) is 1.18. The fourth-order valence-electron chi connectivity index (χ4n) is 2.42. The van der Waals surface area contributed by atoms with Crippen LogP contribution >= 0.6 is 11.8 Å². The first-order chi connectivity index (χ1) is 9.97. The van der Waals surface area contributed by atoms with Gasteiger partial charge in [0.2, 0.25) is 0 Å². The van der Waals surface area contributed by atoms with E-state index in [1.165, 1.54) is 0 Å². The molecule has 0 spiro atoms. The molecule has 4 nitrogen and oxygen atoms in total. The molecule has 1 atom stereocenters. The number of carbonyl (C=O) groups is 1. The van der Waals surface area contributed by atoms with Crippen molar-refractivity contribution in [3.8, 4) is 0 Å². The Balaban J connectivity index is 1.94. The van der Waals surface area contributed by atoms with Crippen LogP contribution in [0.25, 0.3) is 0 Å². The van der Waals surface area contributed by atoms with E-state index in [1.807, 2.05) is 19.1 Å². The Morgan fingerprint density at radius 2 is 2.29 bits per heavy atom. The van der Waals surface area contributed by atoms with Crippen molar-refractivity contribution in [1.82, 2.24) is 4.90 Å². The Kier molecular flexibility index (Phi) is 5.67. The highest BCUT2D eigenvalue weighted by atomic mass is 32.2. The molecule has 0 bridgehead atoms. The van der Waals surface area contributed by atoms with Gasteiger partial charge < -0.3 is 9.84 Å². The highest BCUT2D eigenvalue weighted by Crippen LogP contribution is 2.24. The second-order valence-corrected chi connectivity index (χ2v) is 6.77. The minimum Gasteiger partial charge on any atom is -0.478 e. The standard InChI is InChI=1S/C16H23NO3S/c1-11(2)17-6-7-20-13(9-17)10-21-14-5-4-12(3)15(8-14)16(18)19/h4-5,8,11,13H,6-7,9-10H2,1-3H3,(H,18,19). The molecule has 0 aromatic heterocycles. The number of hydrogen-bond donors (Lipinski definition) is 1. The van der Waals surface area contributed by atoms with Gasteiger partial charge in [-0.15, -0.1) is 11.8 Å². The fraction of sp³-hybridized carbons (Fsp3) is 0.562. The molecule has 21 heavy (non-hydrogen) atoms. The number of carboxylic acid groups (broad SMARTS) is 1. The first kappa shape index (κ1) is 16.3. The summed E-state index contributed by atoms with van der Waals surface area (Å²) in [4.78, 5) is 14.6.